The number of nitrogens with one attached hydrogen (secondary N) is 1. The first-order chi connectivity index (χ1) is 8.78. The number of nitrogens with zero attached hydrogens (tertiary/aromatic N) is 2. The Kier molecular flexibility index (Phi) is 2.99. The van der Waals surface area contributed by atoms with E-state index in [0.717, 1.165) is 27.8 Å². The molecular formula is C13H14FN3S. The second-order valence-electron chi connectivity index (χ2n) is 4.43. The molecule has 0 atom stereocenters. The highest BCUT2D eigenvalue weighted by Crippen LogP contribution is 2.46. The molecule has 1 fully saturated rings. The minimum atomic E-state index is -0.319. The van der Waals surface area contributed by atoms with Gasteiger partial charge in [-0.05, 0) is 25.8 Å². The molecule has 5 heteroatoms. The maximum atomic E-state index is 13.2. The summed E-state index contributed by atoms with van der Waals surface area (Å²) in [6.45, 7) is 2.95. The van der Waals surface area contributed by atoms with Gasteiger partial charge in [0.15, 0.2) is 0 Å². The van der Waals surface area contributed by atoms with Gasteiger partial charge >= 0.3 is 0 Å². The lowest BCUT2D eigenvalue weighted by molar-refractivity contribution is 0.622. The monoisotopic (exact) mass is 263 g/mol. The fourth-order valence-corrected chi connectivity index (χ4v) is 3.01. The molecule has 94 valence electrons. The SMILES string of the molecule is CCNc1sc(-c2cncc(F)c2)nc1C1CC1. The maximum Gasteiger partial charge on any atom is 0.142 e. The molecule has 0 aromatic carbocycles. The molecule has 3 nitrogen and oxygen atoms in total. The highest BCUT2D eigenvalue weighted by Gasteiger charge is 2.29. The number of pyridine rings is 1. The Morgan fingerprint density at radius 1 is 1.44 bits per heavy atom. The van der Waals surface area contributed by atoms with Crippen LogP contribution >= 0.6 is 11.3 Å². The van der Waals surface area contributed by atoms with Crippen LogP contribution in [0.5, 0.6) is 0 Å². The molecule has 18 heavy (non-hydrogen) atoms. The summed E-state index contributed by atoms with van der Waals surface area (Å²) in [5.41, 5.74) is 1.90. The topological polar surface area (TPSA) is 37.8 Å². The van der Waals surface area contributed by atoms with Gasteiger partial charge in [-0.3, -0.25) is 4.98 Å². The van der Waals surface area contributed by atoms with Crippen molar-refractivity contribution in [2.24, 2.45) is 0 Å². The quantitative estimate of drug-likeness (QED) is 0.915. The second kappa shape index (κ2) is 4.65. The largest absolute Gasteiger partial charge is 0.376 e. The van der Waals surface area contributed by atoms with E-state index in [0.29, 0.717) is 5.92 Å². The molecule has 0 unspecified atom stereocenters. The summed E-state index contributed by atoms with van der Waals surface area (Å²) in [5.74, 6) is 0.270. The molecule has 0 spiro atoms. The standard InChI is InChI=1S/C13H14FN3S/c1-2-16-13-11(8-3-4-8)17-12(18-13)9-5-10(14)7-15-6-9/h5-8,16H,2-4H2,1H3. The molecule has 1 aliphatic carbocycles. The first kappa shape index (κ1) is 11.6. The molecule has 0 saturated heterocycles. The van der Waals surface area contributed by atoms with Gasteiger partial charge in [0.05, 0.1) is 11.9 Å². The van der Waals surface area contributed by atoms with E-state index >= 15 is 0 Å². The zero-order chi connectivity index (χ0) is 12.5. The number of rotatable bonds is 4. The number of hydrogen-bond donors (Lipinski definition) is 1. The van der Waals surface area contributed by atoms with Gasteiger partial charge in [0.25, 0.3) is 0 Å². The highest BCUT2D eigenvalue weighted by atomic mass is 32.1. The third-order valence-corrected chi connectivity index (χ3v) is 3.98. The van der Waals surface area contributed by atoms with E-state index in [9.17, 15) is 4.39 Å². The van der Waals surface area contributed by atoms with Crippen molar-refractivity contribution in [2.45, 2.75) is 25.7 Å². The number of halogens is 1. The number of anilines is 1. The molecule has 1 N–H and O–H groups in total. The Labute approximate surface area is 109 Å². The van der Waals surface area contributed by atoms with E-state index in [1.807, 2.05) is 0 Å². The summed E-state index contributed by atoms with van der Waals surface area (Å²) in [7, 11) is 0. The number of hydrogen-bond acceptors (Lipinski definition) is 4. The molecule has 2 heterocycles. The molecule has 1 aliphatic rings. The van der Waals surface area contributed by atoms with Crippen LogP contribution in [-0.2, 0) is 0 Å². The first-order valence-electron chi connectivity index (χ1n) is 6.13. The Hall–Kier alpha value is -1.49. The molecule has 2 aromatic heterocycles. The van der Waals surface area contributed by atoms with Crippen LogP contribution in [0.1, 0.15) is 31.4 Å². The van der Waals surface area contributed by atoms with Gasteiger partial charge in [-0.1, -0.05) is 11.3 Å². The van der Waals surface area contributed by atoms with Crippen molar-refractivity contribution in [1.29, 1.82) is 0 Å². The third-order valence-electron chi connectivity index (χ3n) is 2.91. The normalized spacial score (nSPS) is 14.8. The fraction of sp³-hybridized carbons (Fsp3) is 0.385. The van der Waals surface area contributed by atoms with E-state index in [4.69, 9.17) is 0 Å². The van der Waals surface area contributed by atoms with Gasteiger partial charge in [0.1, 0.15) is 15.8 Å². The van der Waals surface area contributed by atoms with Gasteiger partial charge in [-0.2, -0.15) is 0 Å². The Bertz CT molecular complexity index is 563. The van der Waals surface area contributed by atoms with Gasteiger partial charge in [0, 0.05) is 24.2 Å². The minimum Gasteiger partial charge on any atom is -0.376 e. The molecule has 0 amide bonds. The smallest absolute Gasteiger partial charge is 0.142 e. The Morgan fingerprint density at radius 3 is 2.94 bits per heavy atom. The molecular weight excluding hydrogens is 249 g/mol. The maximum absolute atomic E-state index is 13.2. The summed E-state index contributed by atoms with van der Waals surface area (Å²) in [4.78, 5) is 8.53. The molecule has 0 radical (unpaired) electrons. The van der Waals surface area contributed by atoms with Crippen LogP contribution in [0.2, 0.25) is 0 Å². The van der Waals surface area contributed by atoms with Crippen molar-refractivity contribution < 1.29 is 4.39 Å². The van der Waals surface area contributed by atoms with E-state index in [1.54, 1.807) is 17.5 Å². The zero-order valence-electron chi connectivity index (χ0n) is 10.1. The molecule has 0 aliphatic heterocycles. The number of thiazole rings is 1. The summed E-state index contributed by atoms with van der Waals surface area (Å²) < 4.78 is 13.2. The predicted molar refractivity (Wildman–Crippen MR) is 71.4 cm³/mol. The summed E-state index contributed by atoms with van der Waals surface area (Å²) >= 11 is 1.59. The summed E-state index contributed by atoms with van der Waals surface area (Å²) in [6, 6.07) is 1.48. The van der Waals surface area contributed by atoms with Gasteiger partial charge < -0.3 is 5.32 Å². The Morgan fingerprint density at radius 2 is 2.28 bits per heavy atom. The summed E-state index contributed by atoms with van der Waals surface area (Å²) in [5, 5.41) is 5.32. The molecule has 0 bridgehead atoms. The van der Waals surface area contributed by atoms with E-state index in [1.165, 1.54) is 25.1 Å². The highest BCUT2D eigenvalue weighted by molar-refractivity contribution is 7.19. The van der Waals surface area contributed by atoms with Gasteiger partial charge in [0.2, 0.25) is 0 Å². The van der Waals surface area contributed by atoms with E-state index < -0.39 is 0 Å². The zero-order valence-corrected chi connectivity index (χ0v) is 10.9. The predicted octanol–water partition coefficient (Wildman–Crippen LogP) is 3.65. The van der Waals surface area contributed by atoms with Gasteiger partial charge in [-0.15, -0.1) is 0 Å². The van der Waals surface area contributed by atoms with Crippen LogP contribution in [0, 0.1) is 5.82 Å². The average molecular weight is 263 g/mol. The molecule has 2 aromatic rings. The molecule has 3 rings (SSSR count). The van der Waals surface area contributed by atoms with Crippen LogP contribution in [-0.4, -0.2) is 16.5 Å². The minimum absolute atomic E-state index is 0.319. The van der Waals surface area contributed by atoms with Crippen LogP contribution < -0.4 is 5.32 Å². The van der Waals surface area contributed by atoms with E-state index in [-0.39, 0.29) is 5.82 Å². The summed E-state index contributed by atoms with van der Waals surface area (Å²) in [6.07, 6.45) is 5.30. The van der Waals surface area contributed by atoms with Crippen molar-refractivity contribution in [3.05, 3.63) is 30.0 Å². The first-order valence-corrected chi connectivity index (χ1v) is 6.95. The van der Waals surface area contributed by atoms with Crippen molar-refractivity contribution in [3.8, 4) is 10.6 Å². The Balaban J connectivity index is 1.99. The van der Waals surface area contributed by atoms with E-state index in [2.05, 4.69) is 22.2 Å². The lowest BCUT2D eigenvalue weighted by Crippen LogP contribution is -1.96. The number of aromatic nitrogens is 2. The van der Waals surface area contributed by atoms with Crippen molar-refractivity contribution in [3.63, 3.8) is 0 Å². The van der Waals surface area contributed by atoms with Crippen molar-refractivity contribution >= 4 is 16.3 Å². The van der Waals surface area contributed by atoms with Crippen LogP contribution in [0.15, 0.2) is 18.5 Å². The molecule has 1 saturated carbocycles. The lowest BCUT2D eigenvalue weighted by atomic mass is 10.3. The average Bonchev–Trinajstić information content (AvgIpc) is 3.12. The van der Waals surface area contributed by atoms with Crippen LogP contribution in [0.25, 0.3) is 10.6 Å². The van der Waals surface area contributed by atoms with Crippen LogP contribution in [0.3, 0.4) is 0 Å². The second-order valence-corrected chi connectivity index (χ2v) is 5.43. The van der Waals surface area contributed by atoms with Crippen molar-refractivity contribution in [1.82, 2.24) is 9.97 Å². The third kappa shape index (κ3) is 2.22. The fourth-order valence-electron chi connectivity index (χ4n) is 1.90. The van der Waals surface area contributed by atoms with Gasteiger partial charge in [-0.25, -0.2) is 9.37 Å². The van der Waals surface area contributed by atoms with Crippen LogP contribution in [0.4, 0.5) is 9.39 Å². The lowest BCUT2D eigenvalue weighted by Gasteiger charge is -2.00. The van der Waals surface area contributed by atoms with Crippen molar-refractivity contribution in [2.75, 3.05) is 11.9 Å².